The number of alkyl halides is 1. The molecule has 2 aromatic carbocycles. The van der Waals surface area contributed by atoms with Gasteiger partial charge >= 0.3 is 7.69 Å². The molecule has 0 amide bonds. The predicted octanol–water partition coefficient (Wildman–Crippen LogP) is 3.37. The number of hydrogen-bond donors (Lipinski definition) is 2. The highest BCUT2D eigenvalue weighted by atomic mass is 19.1. The summed E-state index contributed by atoms with van der Waals surface area (Å²) in [6, 6.07) is 14.8. The first-order chi connectivity index (χ1) is 13.8. The van der Waals surface area contributed by atoms with Crippen LogP contribution < -0.4 is 9.80 Å². The number of halogens is 2. The molecule has 0 heterocycles. The first kappa shape index (κ1) is 22.7. The summed E-state index contributed by atoms with van der Waals surface area (Å²) in [6.45, 7) is 0. The lowest BCUT2D eigenvalue weighted by atomic mass is 9.68. The molecule has 2 aromatic rings. The van der Waals surface area contributed by atoms with Crippen molar-refractivity contribution in [2.24, 2.45) is 0 Å². The van der Waals surface area contributed by atoms with E-state index in [2.05, 4.69) is 0 Å². The maximum absolute atomic E-state index is 15.3. The van der Waals surface area contributed by atoms with Crippen LogP contribution in [-0.2, 0) is 5.41 Å². The zero-order valence-corrected chi connectivity index (χ0v) is 17.1. The Kier molecular flexibility index (Phi) is 7.59. The van der Waals surface area contributed by atoms with E-state index in [-0.39, 0.29) is 7.69 Å². The summed E-state index contributed by atoms with van der Waals surface area (Å²) in [5, 5.41) is 14.0. The maximum Gasteiger partial charge on any atom is 0.482 e. The van der Waals surface area contributed by atoms with E-state index in [9.17, 15) is 0 Å². The topological polar surface area (TPSA) is 46.9 Å². The molecule has 7 heteroatoms. The summed E-state index contributed by atoms with van der Waals surface area (Å²) < 4.78 is 30.4. The highest BCUT2D eigenvalue weighted by molar-refractivity contribution is 6.13. The first-order valence-electron chi connectivity index (χ1n) is 9.13. The standard InChI is InChI=1S/C22H24F2N2.BH2O2/c1-25(2)18-12-8-16(9-13-18)22(20(23)6-5-7-21(22)24)17-10-14-19(15-11-17)26(3)4;2-1-3/h5-15,20H,1-4H3;2-3H. The Balaban J connectivity index is 0.000000941. The van der Waals surface area contributed by atoms with E-state index in [0.29, 0.717) is 11.1 Å². The normalized spacial score (nSPS) is 17.0. The van der Waals surface area contributed by atoms with E-state index in [1.54, 1.807) is 0 Å². The van der Waals surface area contributed by atoms with Crippen LogP contribution in [0.5, 0.6) is 0 Å². The van der Waals surface area contributed by atoms with Crippen molar-refractivity contribution < 1.29 is 18.8 Å². The molecule has 2 N–H and O–H groups in total. The number of hydrogen-bond acceptors (Lipinski definition) is 4. The fourth-order valence-corrected chi connectivity index (χ4v) is 3.45. The van der Waals surface area contributed by atoms with Gasteiger partial charge in [0.2, 0.25) is 0 Å². The third kappa shape index (κ3) is 4.52. The Labute approximate surface area is 171 Å². The molecule has 0 aromatic heterocycles. The van der Waals surface area contributed by atoms with E-state index in [4.69, 9.17) is 10.0 Å². The van der Waals surface area contributed by atoms with E-state index in [0.717, 1.165) is 11.4 Å². The molecule has 0 bridgehead atoms. The van der Waals surface area contributed by atoms with Gasteiger partial charge in [-0.1, -0.05) is 30.3 Å². The zero-order valence-electron chi connectivity index (χ0n) is 17.1. The van der Waals surface area contributed by atoms with Crippen molar-refractivity contribution in [3.63, 3.8) is 0 Å². The number of rotatable bonds is 4. The van der Waals surface area contributed by atoms with Gasteiger partial charge in [0.05, 0.1) is 0 Å². The summed E-state index contributed by atoms with van der Waals surface area (Å²) in [5.74, 6) is -0.484. The Hall–Kier alpha value is -2.64. The van der Waals surface area contributed by atoms with Crippen molar-refractivity contribution in [1.29, 1.82) is 0 Å². The number of benzene rings is 2. The Bertz CT molecular complexity index is 799. The maximum atomic E-state index is 15.3. The molecule has 153 valence electrons. The second-order valence-corrected chi connectivity index (χ2v) is 7.11. The molecule has 0 saturated heterocycles. The SMILES string of the molecule is CN(C)c1ccc(C2(c3ccc(N(C)C)cc3)C(F)=CC=CC2F)cc1.O[B]O. The molecule has 1 aliphatic rings. The minimum atomic E-state index is -1.48. The van der Waals surface area contributed by atoms with E-state index >= 15 is 8.78 Å². The van der Waals surface area contributed by atoms with Crippen LogP contribution in [0.3, 0.4) is 0 Å². The molecular formula is C22H26BF2N2O2. The lowest BCUT2D eigenvalue weighted by Gasteiger charge is -2.37. The van der Waals surface area contributed by atoms with E-state index in [1.165, 1.54) is 18.2 Å². The third-order valence-corrected chi connectivity index (χ3v) is 4.99. The number of allylic oxidation sites excluding steroid dienone is 4. The van der Waals surface area contributed by atoms with Gasteiger partial charge in [0, 0.05) is 39.6 Å². The molecule has 0 spiro atoms. The first-order valence-corrected chi connectivity index (χ1v) is 9.13. The monoisotopic (exact) mass is 399 g/mol. The number of nitrogens with zero attached hydrogens (tertiary/aromatic N) is 2. The van der Waals surface area contributed by atoms with Crippen LogP contribution in [0.2, 0.25) is 0 Å². The van der Waals surface area contributed by atoms with Crippen molar-refractivity contribution in [2.45, 2.75) is 11.6 Å². The average Bonchev–Trinajstić information content (AvgIpc) is 2.69. The van der Waals surface area contributed by atoms with Crippen molar-refractivity contribution in [2.75, 3.05) is 38.0 Å². The summed E-state index contributed by atoms with van der Waals surface area (Å²) in [5.41, 5.74) is 1.72. The Morgan fingerprint density at radius 2 is 1.21 bits per heavy atom. The molecule has 29 heavy (non-hydrogen) atoms. The smallest absolute Gasteiger partial charge is 0.429 e. The average molecular weight is 399 g/mol. The Morgan fingerprint density at radius 1 is 0.828 bits per heavy atom. The molecule has 1 atom stereocenters. The van der Waals surface area contributed by atoms with Gasteiger partial charge in [-0.2, -0.15) is 0 Å². The summed E-state index contributed by atoms with van der Waals surface area (Å²) in [6.07, 6.45) is 2.74. The summed E-state index contributed by atoms with van der Waals surface area (Å²) in [4.78, 5) is 3.92. The van der Waals surface area contributed by atoms with Crippen LogP contribution in [0.4, 0.5) is 20.2 Å². The molecule has 1 unspecified atom stereocenters. The van der Waals surface area contributed by atoms with Crippen molar-refractivity contribution in [3.8, 4) is 0 Å². The predicted molar refractivity (Wildman–Crippen MR) is 116 cm³/mol. The van der Waals surface area contributed by atoms with Crippen molar-refractivity contribution in [3.05, 3.63) is 83.7 Å². The van der Waals surface area contributed by atoms with Gasteiger partial charge in [0.25, 0.3) is 0 Å². The third-order valence-electron chi connectivity index (χ3n) is 4.99. The minimum absolute atomic E-state index is 0. The van der Waals surface area contributed by atoms with E-state index < -0.39 is 17.4 Å². The lowest BCUT2D eigenvalue weighted by molar-refractivity contribution is 0.265. The van der Waals surface area contributed by atoms with Crippen molar-refractivity contribution >= 4 is 19.1 Å². The molecule has 4 nitrogen and oxygen atoms in total. The highest BCUT2D eigenvalue weighted by Crippen LogP contribution is 2.47. The van der Waals surface area contributed by atoms with Crippen LogP contribution in [0.25, 0.3) is 0 Å². The summed E-state index contributed by atoms with van der Waals surface area (Å²) in [7, 11) is 7.75. The van der Waals surface area contributed by atoms with Gasteiger partial charge in [0.15, 0.2) is 0 Å². The van der Waals surface area contributed by atoms with Gasteiger partial charge in [-0.05, 0) is 47.5 Å². The summed E-state index contributed by atoms with van der Waals surface area (Å²) >= 11 is 0. The van der Waals surface area contributed by atoms with Crippen LogP contribution in [-0.4, -0.2) is 52.1 Å². The molecule has 0 saturated carbocycles. The zero-order chi connectivity index (χ0) is 21.6. The van der Waals surface area contributed by atoms with Crippen LogP contribution in [0.1, 0.15) is 11.1 Å². The quantitative estimate of drug-likeness (QED) is 0.775. The second kappa shape index (κ2) is 9.72. The largest absolute Gasteiger partial charge is 0.482 e. The van der Waals surface area contributed by atoms with Crippen LogP contribution in [0, 0.1) is 0 Å². The number of anilines is 2. The lowest BCUT2D eigenvalue weighted by Crippen LogP contribution is -2.39. The van der Waals surface area contributed by atoms with Crippen LogP contribution >= 0.6 is 0 Å². The minimum Gasteiger partial charge on any atom is -0.429 e. The van der Waals surface area contributed by atoms with Gasteiger partial charge in [-0.3, -0.25) is 0 Å². The molecule has 3 rings (SSSR count). The fourth-order valence-electron chi connectivity index (χ4n) is 3.45. The molecule has 1 aliphatic carbocycles. The van der Waals surface area contributed by atoms with Gasteiger partial charge in [-0.15, -0.1) is 0 Å². The van der Waals surface area contributed by atoms with Crippen molar-refractivity contribution in [1.82, 2.24) is 0 Å². The molecule has 0 fully saturated rings. The molecule has 1 radical (unpaired) electrons. The molecule has 0 aliphatic heterocycles. The van der Waals surface area contributed by atoms with Crippen LogP contribution in [0.15, 0.2) is 72.6 Å². The Morgan fingerprint density at radius 3 is 1.52 bits per heavy atom. The van der Waals surface area contributed by atoms with E-state index in [1.807, 2.05) is 86.5 Å². The highest BCUT2D eigenvalue weighted by Gasteiger charge is 2.47. The second-order valence-electron chi connectivity index (χ2n) is 7.11. The van der Waals surface area contributed by atoms with Gasteiger partial charge in [-0.25, -0.2) is 8.78 Å². The molecular weight excluding hydrogens is 373 g/mol. The van der Waals surface area contributed by atoms with Gasteiger partial charge < -0.3 is 19.8 Å². The fraction of sp³-hybridized carbons (Fsp3) is 0.273. The van der Waals surface area contributed by atoms with Gasteiger partial charge in [0.1, 0.15) is 17.4 Å².